The molecule has 2 rings (SSSR count). The van der Waals surface area contributed by atoms with Crippen molar-refractivity contribution in [1.29, 1.82) is 5.26 Å². The Morgan fingerprint density at radius 3 is 2.86 bits per heavy atom. The van der Waals surface area contributed by atoms with Gasteiger partial charge in [0.25, 0.3) is 0 Å². The van der Waals surface area contributed by atoms with Crippen molar-refractivity contribution in [3.63, 3.8) is 0 Å². The Bertz CT molecular complexity index is 679. The molecule has 6 heteroatoms. The Kier molecular flexibility index (Phi) is 4.38. The van der Waals surface area contributed by atoms with Crippen molar-refractivity contribution in [3.8, 4) is 6.07 Å². The summed E-state index contributed by atoms with van der Waals surface area (Å²) in [6.07, 6.45) is 2.36. The maximum absolute atomic E-state index is 12.6. The first-order chi connectivity index (χ1) is 9.84. The molecule has 0 aliphatic heterocycles. The largest absolute Gasteiger partial charge is 0.396 e. The number of hydrogen-bond donors (Lipinski definition) is 2. The molecular weight excluding hydrogens is 288 g/mol. The Labute approximate surface area is 125 Å². The summed E-state index contributed by atoms with van der Waals surface area (Å²) in [5.74, 6) is 0. The molecule has 1 fully saturated rings. The highest BCUT2D eigenvalue weighted by Crippen LogP contribution is 2.38. The van der Waals surface area contributed by atoms with E-state index >= 15 is 0 Å². The van der Waals surface area contributed by atoms with Crippen molar-refractivity contribution in [2.75, 3.05) is 6.61 Å². The number of aliphatic hydroxyl groups excluding tert-OH is 1. The third-order valence-electron chi connectivity index (χ3n) is 4.38. The zero-order chi connectivity index (χ0) is 15.7. The number of nitrogens with zero attached hydrogens (tertiary/aromatic N) is 1. The van der Waals surface area contributed by atoms with Crippen molar-refractivity contribution in [2.45, 2.75) is 44.0 Å². The molecule has 114 valence electrons. The summed E-state index contributed by atoms with van der Waals surface area (Å²) in [5, 5.41) is 18.7. The second kappa shape index (κ2) is 5.76. The van der Waals surface area contributed by atoms with Gasteiger partial charge in [0.05, 0.1) is 5.56 Å². The van der Waals surface area contributed by atoms with Gasteiger partial charge in [-0.1, -0.05) is 25.5 Å². The number of sulfonamides is 1. The fourth-order valence-corrected chi connectivity index (χ4v) is 4.52. The molecule has 1 aromatic carbocycles. The summed E-state index contributed by atoms with van der Waals surface area (Å²) in [7, 11) is -3.77. The lowest BCUT2D eigenvalue weighted by Crippen LogP contribution is -2.44. The molecule has 21 heavy (non-hydrogen) atoms. The topological polar surface area (TPSA) is 90.2 Å². The quantitative estimate of drug-likeness (QED) is 0.885. The van der Waals surface area contributed by atoms with E-state index in [9.17, 15) is 18.8 Å². The highest BCUT2D eigenvalue weighted by molar-refractivity contribution is 7.89. The molecule has 2 N–H and O–H groups in total. The number of nitriles is 1. The standard InChI is InChI=1S/C15H20N2O3S/c1-11-5-3-6-13(12(11)9-16)21(19,20)17-14-7-4-8-15(14,2)10-18/h3,5-6,14,17-18H,4,7-8,10H2,1-2H3/t14-,15-/m0/s1. The molecule has 0 aromatic heterocycles. The van der Waals surface area contributed by atoms with Gasteiger partial charge in [0.2, 0.25) is 10.0 Å². The lowest BCUT2D eigenvalue weighted by molar-refractivity contribution is 0.127. The predicted octanol–water partition coefficient (Wildman–Crippen LogP) is 1.70. The molecule has 0 spiro atoms. The molecule has 1 aliphatic rings. The molecule has 0 unspecified atom stereocenters. The first-order valence-electron chi connectivity index (χ1n) is 6.97. The molecule has 1 aliphatic carbocycles. The predicted molar refractivity (Wildman–Crippen MR) is 79.0 cm³/mol. The summed E-state index contributed by atoms with van der Waals surface area (Å²) >= 11 is 0. The Morgan fingerprint density at radius 1 is 1.52 bits per heavy atom. The molecule has 0 bridgehead atoms. The molecule has 0 heterocycles. The third kappa shape index (κ3) is 2.95. The van der Waals surface area contributed by atoms with Crippen LogP contribution >= 0.6 is 0 Å². The number of benzene rings is 1. The summed E-state index contributed by atoms with van der Waals surface area (Å²) in [4.78, 5) is 0.0113. The first-order valence-corrected chi connectivity index (χ1v) is 8.45. The molecule has 1 saturated carbocycles. The van der Waals surface area contributed by atoms with E-state index in [0.717, 1.165) is 12.8 Å². The van der Waals surface area contributed by atoms with Crippen LogP contribution in [0.25, 0.3) is 0 Å². The van der Waals surface area contributed by atoms with E-state index in [0.29, 0.717) is 12.0 Å². The van der Waals surface area contributed by atoms with Gasteiger partial charge in [0.15, 0.2) is 0 Å². The van der Waals surface area contributed by atoms with Crippen molar-refractivity contribution in [2.24, 2.45) is 5.41 Å². The average molecular weight is 308 g/mol. The Morgan fingerprint density at radius 2 is 2.24 bits per heavy atom. The van der Waals surface area contributed by atoms with Crippen LogP contribution in [-0.2, 0) is 10.0 Å². The van der Waals surface area contributed by atoms with Gasteiger partial charge in [-0.3, -0.25) is 0 Å². The lowest BCUT2D eigenvalue weighted by Gasteiger charge is -2.30. The summed E-state index contributed by atoms with van der Waals surface area (Å²) in [6, 6.07) is 6.44. The number of hydrogen-bond acceptors (Lipinski definition) is 4. The second-order valence-corrected chi connectivity index (χ2v) is 7.62. The number of aryl methyl sites for hydroxylation is 1. The van der Waals surface area contributed by atoms with Crippen molar-refractivity contribution in [3.05, 3.63) is 29.3 Å². The van der Waals surface area contributed by atoms with Gasteiger partial charge in [0, 0.05) is 18.1 Å². The van der Waals surface area contributed by atoms with Crippen LogP contribution in [0.4, 0.5) is 0 Å². The molecule has 2 atom stereocenters. The van der Waals surface area contributed by atoms with Gasteiger partial charge in [0.1, 0.15) is 11.0 Å². The molecule has 5 nitrogen and oxygen atoms in total. The fraction of sp³-hybridized carbons (Fsp3) is 0.533. The number of aliphatic hydroxyl groups is 1. The molecule has 0 radical (unpaired) electrons. The van der Waals surface area contributed by atoms with Crippen LogP contribution in [0.1, 0.15) is 37.3 Å². The van der Waals surface area contributed by atoms with E-state index in [1.54, 1.807) is 19.1 Å². The minimum Gasteiger partial charge on any atom is -0.396 e. The highest BCUT2D eigenvalue weighted by atomic mass is 32.2. The molecule has 1 aromatic rings. The molecular formula is C15H20N2O3S. The lowest BCUT2D eigenvalue weighted by atomic mass is 9.86. The van der Waals surface area contributed by atoms with Crippen LogP contribution < -0.4 is 4.72 Å². The number of rotatable bonds is 4. The van der Waals surface area contributed by atoms with Gasteiger partial charge in [-0.2, -0.15) is 5.26 Å². The van der Waals surface area contributed by atoms with Crippen LogP contribution in [-0.4, -0.2) is 26.2 Å². The van der Waals surface area contributed by atoms with E-state index in [1.165, 1.54) is 6.07 Å². The van der Waals surface area contributed by atoms with Crippen LogP contribution in [0, 0.1) is 23.7 Å². The minimum absolute atomic E-state index is 0.0113. The maximum Gasteiger partial charge on any atom is 0.242 e. The third-order valence-corrected chi connectivity index (χ3v) is 5.89. The van der Waals surface area contributed by atoms with Crippen LogP contribution in [0.5, 0.6) is 0 Å². The van der Waals surface area contributed by atoms with Gasteiger partial charge in [-0.15, -0.1) is 0 Å². The first kappa shape index (κ1) is 16.0. The Hall–Kier alpha value is -1.42. The van der Waals surface area contributed by atoms with E-state index in [4.69, 9.17) is 0 Å². The normalized spacial score (nSPS) is 25.7. The van der Waals surface area contributed by atoms with E-state index in [1.807, 2.05) is 13.0 Å². The van der Waals surface area contributed by atoms with Crippen LogP contribution in [0.15, 0.2) is 23.1 Å². The zero-order valence-corrected chi connectivity index (χ0v) is 13.1. The van der Waals surface area contributed by atoms with Gasteiger partial charge < -0.3 is 5.11 Å². The Balaban J connectivity index is 2.37. The smallest absolute Gasteiger partial charge is 0.242 e. The van der Waals surface area contributed by atoms with Crippen molar-refractivity contribution in [1.82, 2.24) is 4.72 Å². The molecule has 0 amide bonds. The summed E-state index contributed by atoms with van der Waals surface area (Å²) < 4.78 is 27.8. The van der Waals surface area contributed by atoms with Gasteiger partial charge in [-0.25, -0.2) is 13.1 Å². The van der Waals surface area contributed by atoms with Gasteiger partial charge >= 0.3 is 0 Å². The SMILES string of the molecule is Cc1cccc(S(=O)(=O)N[C@H]2CCC[C@@]2(C)CO)c1C#N. The second-order valence-electron chi connectivity index (χ2n) is 5.94. The van der Waals surface area contributed by atoms with E-state index in [2.05, 4.69) is 4.72 Å². The zero-order valence-electron chi connectivity index (χ0n) is 12.3. The highest BCUT2D eigenvalue weighted by Gasteiger charge is 2.40. The van der Waals surface area contributed by atoms with E-state index in [-0.39, 0.29) is 23.1 Å². The monoisotopic (exact) mass is 308 g/mol. The molecule has 0 saturated heterocycles. The van der Waals surface area contributed by atoms with Gasteiger partial charge in [-0.05, 0) is 31.4 Å². The van der Waals surface area contributed by atoms with Crippen LogP contribution in [0.2, 0.25) is 0 Å². The summed E-state index contributed by atoms with van der Waals surface area (Å²) in [5.41, 5.74) is 0.370. The minimum atomic E-state index is -3.77. The van der Waals surface area contributed by atoms with Crippen molar-refractivity contribution >= 4 is 10.0 Å². The average Bonchev–Trinajstić information content (AvgIpc) is 2.80. The van der Waals surface area contributed by atoms with E-state index < -0.39 is 15.4 Å². The van der Waals surface area contributed by atoms with Crippen molar-refractivity contribution < 1.29 is 13.5 Å². The maximum atomic E-state index is 12.6. The van der Waals surface area contributed by atoms with Crippen LogP contribution in [0.3, 0.4) is 0 Å². The summed E-state index contributed by atoms with van der Waals surface area (Å²) in [6.45, 7) is 3.54. The fourth-order valence-electron chi connectivity index (χ4n) is 2.88. The number of nitrogens with one attached hydrogen (secondary N) is 1.